The number of carbonyl (C=O) groups is 4. The van der Waals surface area contributed by atoms with Crippen LogP contribution in [0.5, 0.6) is 5.75 Å². The van der Waals surface area contributed by atoms with Crippen LogP contribution in [0, 0.1) is 5.82 Å². The Bertz CT molecular complexity index is 1640. The molecule has 1 heterocycles. The van der Waals surface area contributed by atoms with Crippen LogP contribution in [0.1, 0.15) is 13.8 Å². The number of alkyl carbamates (subject to hydrolysis) is 2. The van der Waals surface area contributed by atoms with Crippen molar-refractivity contribution in [2.75, 3.05) is 39.5 Å². The molecule has 0 spiro atoms. The molecule has 14 heteroatoms. The zero-order valence-corrected chi connectivity index (χ0v) is 24.9. The Morgan fingerprint density at radius 2 is 1.48 bits per heavy atom. The fraction of sp³-hybridized carbons (Fsp3) is 0.300. The summed E-state index contributed by atoms with van der Waals surface area (Å²) in [6, 6.07) is 9.21. The van der Waals surface area contributed by atoms with E-state index in [0.717, 1.165) is 17.4 Å². The van der Waals surface area contributed by atoms with E-state index in [2.05, 4.69) is 23.8 Å². The number of nitrogens with one attached hydrogen (secondary N) is 2. The quantitative estimate of drug-likeness (QED) is 0.0878. The normalized spacial score (nSPS) is 11.2. The zero-order chi connectivity index (χ0) is 32.2. The number of rotatable bonds is 14. The standard InChI is InChI=1S/C30H31FN2O10S/c1-17(2)27(35)39-13-11-32-29(37)42-16-19(43-30(38)33-12-14-40-28(36)18(3)4)15-41-22-10-9-21(31)24-25(34)20-7-5-6-8-23(20)44-26(22)24/h5-10,19H,1,3,11-16H2,2,4H3,(H,32,37)(H,33,38). The van der Waals surface area contributed by atoms with E-state index in [1.54, 1.807) is 24.3 Å². The predicted molar refractivity (Wildman–Crippen MR) is 160 cm³/mol. The Morgan fingerprint density at radius 3 is 2.11 bits per heavy atom. The first-order chi connectivity index (χ1) is 21.0. The fourth-order valence-electron chi connectivity index (χ4n) is 3.51. The van der Waals surface area contributed by atoms with Crippen LogP contribution in [-0.4, -0.2) is 69.7 Å². The number of ether oxygens (including phenoxy) is 5. The molecular weight excluding hydrogens is 599 g/mol. The summed E-state index contributed by atoms with van der Waals surface area (Å²) in [6.07, 6.45) is -2.99. The van der Waals surface area contributed by atoms with Gasteiger partial charge in [-0.1, -0.05) is 25.3 Å². The molecule has 0 saturated carbocycles. The van der Waals surface area contributed by atoms with E-state index in [4.69, 9.17) is 23.7 Å². The third-order valence-electron chi connectivity index (χ3n) is 5.65. The maximum Gasteiger partial charge on any atom is 0.407 e. The molecule has 2 amide bonds. The minimum Gasteiger partial charge on any atom is -0.488 e. The third kappa shape index (κ3) is 9.52. The monoisotopic (exact) mass is 630 g/mol. The van der Waals surface area contributed by atoms with E-state index in [9.17, 15) is 28.4 Å². The molecule has 1 aromatic heterocycles. The predicted octanol–water partition coefficient (Wildman–Crippen LogP) is 3.99. The molecule has 0 aliphatic heterocycles. The number of halogens is 1. The van der Waals surface area contributed by atoms with Crippen LogP contribution in [0.15, 0.2) is 65.5 Å². The molecule has 1 unspecified atom stereocenters. The summed E-state index contributed by atoms with van der Waals surface area (Å²) in [5.74, 6) is -1.80. The van der Waals surface area contributed by atoms with Crippen molar-refractivity contribution < 1.29 is 47.3 Å². The molecule has 0 bridgehead atoms. The van der Waals surface area contributed by atoms with E-state index in [-0.39, 0.29) is 59.9 Å². The highest BCUT2D eigenvalue weighted by molar-refractivity contribution is 7.24. The lowest BCUT2D eigenvalue weighted by molar-refractivity contribution is -0.139. The van der Waals surface area contributed by atoms with Crippen molar-refractivity contribution in [1.29, 1.82) is 0 Å². The van der Waals surface area contributed by atoms with E-state index in [0.29, 0.717) is 10.1 Å². The second-order valence-electron chi connectivity index (χ2n) is 9.30. The van der Waals surface area contributed by atoms with Gasteiger partial charge in [0, 0.05) is 21.2 Å². The van der Waals surface area contributed by atoms with Crippen LogP contribution < -0.4 is 20.8 Å². The number of esters is 2. The van der Waals surface area contributed by atoms with Crippen molar-refractivity contribution in [1.82, 2.24) is 10.6 Å². The van der Waals surface area contributed by atoms with Gasteiger partial charge < -0.3 is 34.3 Å². The smallest absolute Gasteiger partial charge is 0.407 e. The van der Waals surface area contributed by atoms with Gasteiger partial charge in [0.05, 0.1) is 23.2 Å². The topological polar surface area (TPSA) is 156 Å². The largest absolute Gasteiger partial charge is 0.488 e. The molecule has 12 nitrogen and oxygen atoms in total. The molecule has 0 aliphatic rings. The van der Waals surface area contributed by atoms with Crippen LogP contribution in [0.25, 0.3) is 20.2 Å². The van der Waals surface area contributed by atoms with Gasteiger partial charge in [-0.2, -0.15) is 0 Å². The molecule has 3 rings (SSSR count). The molecule has 234 valence electrons. The molecular formula is C30H31FN2O10S. The van der Waals surface area contributed by atoms with Crippen molar-refractivity contribution >= 4 is 55.6 Å². The van der Waals surface area contributed by atoms with Gasteiger partial charge in [-0.15, -0.1) is 11.3 Å². The van der Waals surface area contributed by atoms with Gasteiger partial charge in [0.15, 0.2) is 11.5 Å². The van der Waals surface area contributed by atoms with Crippen LogP contribution in [0.4, 0.5) is 14.0 Å². The highest BCUT2D eigenvalue weighted by Gasteiger charge is 2.21. The second-order valence-corrected chi connectivity index (χ2v) is 10.4. The van der Waals surface area contributed by atoms with Crippen molar-refractivity contribution in [3.8, 4) is 5.75 Å². The number of amides is 2. The molecule has 0 saturated heterocycles. The Kier molecular flexibility index (Phi) is 12.2. The Morgan fingerprint density at radius 1 is 0.864 bits per heavy atom. The molecule has 0 aliphatic carbocycles. The first-order valence-electron chi connectivity index (χ1n) is 13.2. The Balaban J connectivity index is 1.68. The summed E-state index contributed by atoms with van der Waals surface area (Å²) < 4.78 is 41.7. The molecule has 44 heavy (non-hydrogen) atoms. The highest BCUT2D eigenvalue weighted by Crippen LogP contribution is 2.33. The second kappa shape index (κ2) is 16.0. The summed E-state index contributed by atoms with van der Waals surface area (Å²) in [4.78, 5) is 60.5. The lowest BCUT2D eigenvalue weighted by Gasteiger charge is -2.19. The molecule has 1 atom stereocenters. The van der Waals surface area contributed by atoms with Crippen LogP contribution in [0.3, 0.4) is 0 Å². The minimum absolute atomic E-state index is 0.0578. The Hall–Kier alpha value is -4.98. The van der Waals surface area contributed by atoms with Gasteiger partial charge >= 0.3 is 24.1 Å². The maximum absolute atomic E-state index is 14.7. The molecule has 0 radical (unpaired) electrons. The van der Waals surface area contributed by atoms with Gasteiger partial charge in [0.25, 0.3) is 0 Å². The third-order valence-corrected chi connectivity index (χ3v) is 6.83. The summed E-state index contributed by atoms with van der Waals surface area (Å²) in [6.45, 7) is 8.64. The van der Waals surface area contributed by atoms with Crippen LogP contribution in [0.2, 0.25) is 0 Å². The summed E-state index contributed by atoms with van der Waals surface area (Å²) >= 11 is 1.15. The van der Waals surface area contributed by atoms with Crippen molar-refractivity contribution in [2.24, 2.45) is 0 Å². The van der Waals surface area contributed by atoms with Gasteiger partial charge in [-0.25, -0.2) is 23.6 Å². The molecule has 0 fully saturated rings. The van der Waals surface area contributed by atoms with Crippen molar-refractivity contribution in [2.45, 2.75) is 20.0 Å². The van der Waals surface area contributed by atoms with Gasteiger partial charge in [0.2, 0.25) is 0 Å². The summed E-state index contributed by atoms with van der Waals surface area (Å²) in [7, 11) is 0. The molecule has 2 N–H and O–H groups in total. The van der Waals surface area contributed by atoms with Crippen molar-refractivity contribution in [3.63, 3.8) is 0 Å². The summed E-state index contributed by atoms with van der Waals surface area (Å²) in [5, 5.41) is 4.99. The van der Waals surface area contributed by atoms with E-state index in [1.165, 1.54) is 19.9 Å². The SMILES string of the molecule is C=C(C)C(=O)OCCNC(=O)OCC(COc1ccc(F)c2c(=O)c3ccccc3sc12)OC(=O)NCCOC(=O)C(=C)C. The van der Waals surface area contributed by atoms with Crippen LogP contribution >= 0.6 is 11.3 Å². The van der Waals surface area contributed by atoms with Gasteiger partial charge in [0.1, 0.15) is 38.0 Å². The highest BCUT2D eigenvalue weighted by atomic mass is 32.1. The molecule has 3 aromatic rings. The Labute approximate surface area is 255 Å². The number of carbonyl (C=O) groups excluding carboxylic acids is 4. The average molecular weight is 631 g/mol. The summed E-state index contributed by atoms with van der Waals surface area (Å²) in [5.41, 5.74) is -0.0968. The number of hydrogen-bond acceptors (Lipinski definition) is 11. The van der Waals surface area contributed by atoms with E-state index >= 15 is 0 Å². The zero-order valence-electron chi connectivity index (χ0n) is 24.1. The lowest BCUT2D eigenvalue weighted by atomic mass is 10.1. The number of fused-ring (bicyclic) bond motifs is 2. The first-order valence-corrected chi connectivity index (χ1v) is 14.1. The average Bonchev–Trinajstić information content (AvgIpc) is 2.99. The van der Waals surface area contributed by atoms with E-state index < -0.39 is 48.1 Å². The molecule has 2 aromatic carbocycles. The van der Waals surface area contributed by atoms with Gasteiger partial charge in [-0.3, -0.25) is 4.79 Å². The lowest BCUT2D eigenvalue weighted by Crippen LogP contribution is -2.38. The maximum atomic E-state index is 14.7. The fourth-order valence-corrected chi connectivity index (χ4v) is 4.66. The minimum atomic E-state index is -1.17. The van der Waals surface area contributed by atoms with Crippen LogP contribution in [-0.2, 0) is 28.5 Å². The van der Waals surface area contributed by atoms with E-state index in [1.807, 2.05) is 0 Å². The van der Waals surface area contributed by atoms with Crippen molar-refractivity contribution in [3.05, 3.63) is 76.7 Å². The van der Waals surface area contributed by atoms with Gasteiger partial charge in [-0.05, 0) is 38.1 Å². The first kappa shape index (κ1) is 33.5. The number of benzene rings is 2. The number of hydrogen-bond donors (Lipinski definition) is 2.